The molecule has 0 unspecified atom stereocenters. The summed E-state index contributed by atoms with van der Waals surface area (Å²) >= 11 is 0. The van der Waals surface area contributed by atoms with Crippen LogP contribution in [0.1, 0.15) is 22.7 Å². The molecule has 0 aliphatic carbocycles. The molecule has 0 saturated carbocycles. The number of aryl methyl sites for hydroxylation is 1. The number of nitrogens with two attached hydrogens (primary N) is 1. The summed E-state index contributed by atoms with van der Waals surface area (Å²) in [5.74, 6) is 0.397. The lowest BCUT2D eigenvalue weighted by atomic mass is 10.3. The van der Waals surface area contributed by atoms with Crippen LogP contribution in [0.3, 0.4) is 0 Å². The normalized spacial score (nSPS) is 10.8. The Morgan fingerprint density at radius 3 is 3.05 bits per heavy atom. The second kappa shape index (κ2) is 5.71. The molecule has 6 heteroatoms. The molecule has 0 aliphatic rings. The number of carbonyl (C=O) groups is 1. The Hall–Kier alpha value is -2.08. The van der Waals surface area contributed by atoms with Gasteiger partial charge in [0.25, 0.3) is 0 Å². The van der Waals surface area contributed by atoms with Gasteiger partial charge in [-0.1, -0.05) is 0 Å². The summed E-state index contributed by atoms with van der Waals surface area (Å²) in [6, 6.07) is 3.53. The molecule has 0 amide bonds. The number of imidazole rings is 1. The van der Waals surface area contributed by atoms with Crippen molar-refractivity contribution in [2.24, 2.45) is 0 Å². The van der Waals surface area contributed by atoms with Gasteiger partial charge in [-0.15, -0.1) is 0 Å². The SMILES string of the molecule is CNCCCc1nc(C(=O)OC)c2cc(N)ccn12. The largest absolute Gasteiger partial charge is 0.464 e. The van der Waals surface area contributed by atoms with Gasteiger partial charge in [0, 0.05) is 18.3 Å². The Balaban J connectivity index is 2.44. The molecular formula is C13H18N4O2. The van der Waals surface area contributed by atoms with E-state index in [0.717, 1.165) is 25.2 Å². The maximum absolute atomic E-state index is 11.7. The first-order valence-electron chi connectivity index (χ1n) is 6.16. The van der Waals surface area contributed by atoms with Crippen molar-refractivity contribution in [2.75, 3.05) is 26.4 Å². The molecule has 0 spiro atoms. The summed E-state index contributed by atoms with van der Waals surface area (Å²) in [7, 11) is 3.25. The second-order valence-corrected chi connectivity index (χ2v) is 4.29. The fraction of sp³-hybridized carbons (Fsp3) is 0.385. The van der Waals surface area contributed by atoms with Crippen molar-refractivity contribution in [1.29, 1.82) is 0 Å². The summed E-state index contributed by atoms with van der Waals surface area (Å²) in [6.07, 6.45) is 3.56. The molecule has 0 aromatic carbocycles. The van der Waals surface area contributed by atoms with E-state index in [-0.39, 0.29) is 0 Å². The van der Waals surface area contributed by atoms with Crippen molar-refractivity contribution in [1.82, 2.24) is 14.7 Å². The van der Waals surface area contributed by atoms with Crippen LogP contribution in [-0.4, -0.2) is 36.1 Å². The third-order valence-corrected chi connectivity index (χ3v) is 2.95. The number of rotatable bonds is 5. The summed E-state index contributed by atoms with van der Waals surface area (Å²) in [5, 5.41) is 3.09. The molecule has 2 aromatic rings. The Kier molecular flexibility index (Phi) is 4.01. The number of aromatic nitrogens is 2. The van der Waals surface area contributed by atoms with Crippen LogP contribution in [0.15, 0.2) is 18.3 Å². The summed E-state index contributed by atoms with van der Waals surface area (Å²) in [5.41, 5.74) is 7.36. The van der Waals surface area contributed by atoms with Crippen molar-refractivity contribution < 1.29 is 9.53 Å². The van der Waals surface area contributed by atoms with Gasteiger partial charge in [0.05, 0.1) is 12.6 Å². The molecule has 0 bridgehead atoms. The number of nitrogen functional groups attached to an aromatic ring is 1. The van der Waals surface area contributed by atoms with E-state index in [4.69, 9.17) is 10.5 Å². The monoisotopic (exact) mass is 262 g/mol. The molecule has 0 aliphatic heterocycles. The van der Waals surface area contributed by atoms with Gasteiger partial charge in [0.1, 0.15) is 5.82 Å². The lowest BCUT2D eigenvalue weighted by molar-refractivity contribution is 0.0597. The number of hydrogen-bond donors (Lipinski definition) is 2. The van der Waals surface area contributed by atoms with Crippen LogP contribution in [0.25, 0.3) is 5.52 Å². The highest BCUT2D eigenvalue weighted by atomic mass is 16.5. The number of carbonyl (C=O) groups excluding carboxylic acids is 1. The Labute approximate surface area is 111 Å². The molecule has 2 heterocycles. The lowest BCUT2D eigenvalue weighted by Crippen LogP contribution is -2.09. The van der Waals surface area contributed by atoms with Crippen LogP contribution in [0, 0.1) is 0 Å². The smallest absolute Gasteiger partial charge is 0.358 e. The predicted molar refractivity (Wildman–Crippen MR) is 73.2 cm³/mol. The number of nitrogens with one attached hydrogen (secondary N) is 1. The fourth-order valence-corrected chi connectivity index (χ4v) is 2.01. The highest BCUT2D eigenvalue weighted by molar-refractivity contribution is 5.95. The first kappa shape index (κ1) is 13.4. The molecule has 0 fully saturated rings. The minimum absolute atomic E-state index is 0.314. The zero-order valence-corrected chi connectivity index (χ0v) is 11.1. The van der Waals surface area contributed by atoms with E-state index in [9.17, 15) is 4.79 Å². The number of pyridine rings is 1. The van der Waals surface area contributed by atoms with Crippen LogP contribution in [0.2, 0.25) is 0 Å². The van der Waals surface area contributed by atoms with Crippen LogP contribution in [0.5, 0.6) is 0 Å². The standard InChI is InChI=1S/C13H18N4O2/c1-15-6-3-4-11-16-12(13(18)19-2)10-8-9(14)5-7-17(10)11/h5,7-8,15H,3-4,6,14H2,1-2H3. The molecule has 0 saturated heterocycles. The molecule has 3 N–H and O–H groups in total. The minimum atomic E-state index is -0.442. The fourth-order valence-electron chi connectivity index (χ4n) is 2.01. The highest BCUT2D eigenvalue weighted by Gasteiger charge is 2.17. The van der Waals surface area contributed by atoms with Crippen LogP contribution < -0.4 is 11.1 Å². The maximum atomic E-state index is 11.7. The van der Waals surface area contributed by atoms with Gasteiger partial charge < -0.3 is 20.2 Å². The highest BCUT2D eigenvalue weighted by Crippen LogP contribution is 2.18. The quantitative estimate of drug-likeness (QED) is 0.617. The van der Waals surface area contributed by atoms with Gasteiger partial charge in [-0.3, -0.25) is 0 Å². The molecule has 19 heavy (non-hydrogen) atoms. The summed E-state index contributed by atoms with van der Waals surface area (Å²) < 4.78 is 6.64. The van der Waals surface area contributed by atoms with E-state index in [1.807, 2.05) is 17.6 Å². The molecule has 6 nitrogen and oxygen atoms in total. The van der Waals surface area contributed by atoms with Crippen molar-refractivity contribution in [3.05, 3.63) is 29.8 Å². The minimum Gasteiger partial charge on any atom is -0.464 e. The van der Waals surface area contributed by atoms with E-state index >= 15 is 0 Å². The van der Waals surface area contributed by atoms with Crippen molar-refractivity contribution >= 4 is 17.2 Å². The Morgan fingerprint density at radius 2 is 2.37 bits per heavy atom. The van der Waals surface area contributed by atoms with Gasteiger partial charge in [-0.25, -0.2) is 9.78 Å². The third-order valence-electron chi connectivity index (χ3n) is 2.95. The van der Waals surface area contributed by atoms with Crippen LogP contribution >= 0.6 is 0 Å². The van der Waals surface area contributed by atoms with E-state index in [2.05, 4.69) is 10.3 Å². The van der Waals surface area contributed by atoms with Gasteiger partial charge >= 0.3 is 5.97 Å². The van der Waals surface area contributed by atoms with Crippen LogP contribution in [0.4, 0.5) is 5.69 Å². The van der Waals surface area contributed by atoms with Crippen molar-refractivity contribution in [2.45, 2.75) is 12.8 Å². The van der Waals surface area contributed by atoms with E-state index < -0.39 is 5.97 Å². The number of nitrogens with zero attached hydrogens (tertiary/aromatic N) is 2. The molecule has 2 rings (SSSR count). The molecule has 0 radical (unpaired) electrons. The number of fused-ring (bicyclic) bond motifs is 1. The van der Waals surface area contributed by atoms with E-state index in [1.54, 1.807) is 12.1 Å². The van der Waals surface area contributed by atoms with E-state index in [0.29, 0.717) is 16.9 Å². The first-order chi connectivity index (χ1) is 9.17. The van der Waals surface area contributed by atoms with Gasteiger partial charge in [-0.2, -0.15) is 0 Å². The van der Waals surface area contributed by atoms with Gasteiger partial charge in [-0.05, 0) is 32.1 Å². The first-order valence-corrected chi connectivity index (χ1v) is 6.16. The predicted octanol–water partition coefficient (Wildman–Crippen LogP) is 0.855. The zero-order valence-electron chi connectivity index (χ0n) is 11.1. The number of hydrogen-bond acceptors (Lipinski definition) is 5. The van der Waals surface area contributed by atoms with Crippen molar-refractivity contribution in [3.63, 3.8) is 0 Å². The summed E-state index contributed by atoms with van der Waals surface area (Å²) in [4.78, 5) is 16.1. The average Bonchev–Trinajstić information content (AvgIpc) is 2.76. The number of ether oxygens (including phenoxy) is 1. The molecule has 2 aromatic heterocycles. The number of anilines is 1. The lowest BCUT2D eigenvalue weighted by Gasteiger charge is -2.02. The average molecular weight is 262 g/mol. The number of methoxy groups -OCH3 is 1. The zero-order chi connectivity index (χ0) is 13.8. The molecule has 0 atom stereocenters. The van der Waals surface area contributed by atoms with Crippen LogP contribution in [-0.2, 0) is 11.2 Å². The van der Waals surface area contributed by atoms with E-state index in [1.165, 1.54) is 7.11 Å². The third kappa shape index (κ3) is 2.68. The Bertz CT molecular complexity index is 592. The van der Waals surface area contributed by atoms with Crippen molar-refractivity contribution in [3.8, 4) is 0 Å². The summed E-state index contributed by atoms with van der Waals surface area (Å²) in [6.45, 7) is 0.900. The topological polar surface area (TPSA) is 81.6 Å². The maximum Gasteiger partial charge on any atom is 0.358 e. The van der Waals surface area contributed by atoms with Gasteiger partial charge in [0.15, 0.2) is 5.69 Å². The molecule has 102 valence electrons. The molecular weight excluding hydrogens is 244 g/mol. The van der Waals surface area contributed by atoms with Gasteiger partial charge in [0.2, 0.25) is 0 Å². The Morgan fingerprint density at radius 1 is 1.58 bits per heavy atom. The number of esters is 1. The second-order valence-electron chi connectivity index (χ2n) is 4.29.